The van der Waals surface area contributed by atoms with Gasteiger partial charge in [0.25, 0.3) is 5.91 Å². The van der Waals surface area contributed by atoms with Crippen LogP contribution in [0.1, 0.15) is 59.9 Å². The summed E-state index contributed by atoms with van der Waals surface area (Å²) in [6.07, 6.45) is 2.48. The van der Waals surface area contributed by atoms with Crippen molar-refractivity contribution in [1.82, 2.24) is 24.6 Å². The maximum atomic E-state index is 13.5. The number of nitrogens with zero attached hydrogens (tertiary/aromatic N) is 6. The van der Waals surface area contributed by atoms with Crippen LogP contribution in [0.2, 0.25) is 0 Å². The number of carboxylic acids is 1. The third-order valence-electron chi connectivity index (χ3n) is 7.04. The van der Waals surface area contributed by atoms with Gasteiger partial charge in [-0.1, -0.05) is 17.7 Å². The van der Waals surface area contributed by atoms with E-state index >= 15 is 0 Å². The van der Waals surface area contributed by atoms with Crippen LogP contribution in [-0.2, 0) is 16.8 Å². The van der Waals surface area contributed by atoms with Crippen molar-refractivity contribution in [2.75, 3.05) is 24.5 Å². The normalized spacial score (nSPS) is 16.5. The lowest BCUT2D eigenvalue weighted by Crippen LogP contribution is -2.53. The number of carbonyl (C=O) groups excluding carboxylic acids is 1. The van der Waals surface area contributed by atoms with Gasteiger partial charge in [-0.2, -0.15) is 18.3 Å². The second kappa shape index (κ2) is 11.0. The minimum atomic E-state index is -5.08. The number of benzene rings is 1. The maximum Gasteiger partial charge on any atom is 0.490 e. The molecule has 0 unspecified atom stereocenters. The van der Waals surface area contributed by atoms with E-state index in [0.29, 0.717) is 13.1 Å². The first-order chi connectivity index (χ1) is 18.4. The molecule has 0 atom stereocenters. The number of alkyl halides is 3. The Hall–Kier alpha value is -3.96. The number of hydrogen-bond donors (Lipinski definition) is 1. The predicted octanol–water partition coefficient (Wildman–Crippen LogP) is 4.39. The summed E-state index contributed by atoms with van der Waals surface area (Å²) in [5, 5.41) is 12.2. The van der Waals surface area contributed by atoms with Gasteiger partial charge in [-0.3, -0.25) is 9.48 Å². The Morgan fingerprint density at radius 1 is 1.08 bits per heavy atom. The van der Waals surface area contributed by atoms with Gasteiger partial charge in [0.1, 0.15) is 0 Å². The van der Waals surface area contributed by atoms with Crippen molar-refractivity contribution in [2.24, 2.45) is 0 Å². The molecule has 0 radical (unpaired) electrons. The number of carbonyl (C=O) groups is 2. The summed E-state index contributed by atoms with van der Waals surface area (Å²) in [5.74, 6) is -1.88. The number of fused-ring (bicyclic) bond motifs is 2. The molecule has 1 N–H and O–H groups in total. The minimum absolute atomic E-state index is 0.102. The standard InChI is InChI=1S/C25H30N6O.C2HF3O2/c1-18(2)31-16-21-15-30(23(32)20-7-4-6-19(3)14-20)17-25(22(21)28-31)8-12-29(13-9-25)24-26-10-5-11-27-24;3-2(4,5)1(6)7/h4-7,10-11,14,16,18H,8-9,12-13,15,17H2,1-3H3;(H,6,7). The largest absolute Gasteiger partial charge is 0.490 e. The Balaban J connectivity index is 0.000000448. The molecule has 1 fully saturated rings. The lowest BCUT2D eigenvalue weighted by Gasteiger charge is -2.46. The van der Waals surface area contributed by atoms with E-state index in [1.807, 2.05) is 42.2 Å². The number of aromatic nitrogens is 4. The monoisotopic (exact) mass is 544 g/mol. The van der Waals surface area contributed by atoms with Crippen LogP contribution in [0, 0.1) is 6.92 Å². The predicted molar refractivity (Wildman–Crippen MR) is 137 cm³/mol. The van der Waals surface area contributed by atoms with Gasteiger partial charge in [0.15, 0.2) is 0 Å². The van der Waals surface area contributed by atoms with Gasteiger partial charge in [-0.05, 0) is 51.8 Å². The fraction of sp³-hybridized carbons (Fsp3) is 0.444. The molecule has 1 saturated heterocycles. The molecule has 1 amide bonds. The third kappa shape index (κ3) is 6.21. The van der Waals surface area contributed by atoms with Crippen molar-refractivity contribution in [3.8, 4) is 0 Å². The summed E-state index contributed by atoms with van der Waals surface area (Å²) in [6.45, 7) is 9.34. The Morgan fingerprint density at radius 2 is 1.72 bits per heavy atom. The number of piperidine rings is 1. The lowest BCUT2D eigenvalue weighted by atomic mass is 9.72. The number of halogens is 3. The summed E-state index contributed by atoms with van der Waals surface area (Å²) in [7, 11) is 0. The van der Waals surface area contributed by atoms with Crippen LogP contribution in [-0.4, -0.2) is 67.4 Å². The smallest absolute Gasteiger partial charge is 0.475 e. The van der Waals surface area contributed by atoms with Crippen LogP contribution in [0.3, 0.4) is 0 Å². The van der Waals surface area contributed by atoms with Gasteiger partial charge in [0.05, 0.1) is 5.69 Å². The average molecular weight is 545 g/mol. The van der Waals surface area contributed by atoms with Crippen LogP contribution in [0.5, 0.6) is 0 Å². The SMILES string of the molecule is Cc1cccc(C(=O)N2Cc3cn(C(C)C)nc3C3(CCN(c4ncccn4)CC3)C2)c1.O=C(O)C(F)(F)F. The van der Waals surface area contributed by atoms with E-state index in [0.717, 1.165) is 43.0 Å². The highest BCUT2D eigenvalue weighted by atomic mass is 19.4. The first-order valence-corrected chi connectivity index (χ1v) is 12.7. The first-order valence-electron chi connectivity index (χ1n) is 12.7. The highest BCUT2D eigenvalue weighted by molar-refractivity contribution is 5.94. The molecule has 9 nitrogen and oxygen atoms in total. The maximum absolute atomic E-state index is 13.5. The van der Waals surface area contributed by atoms with Gasteiger partial charge >= 0.3 is 12.1 Å². The molecule has 0 aliphatic carbocycles. The van der Waals surface area contributed by atoms with Crippen LogP contribution >= 0.6 is 0 Å². The van der Waals surface area contributed by atoms with E-state index in [1.54, 1.807) is 12.4 Å². The van der Waals surface area contributed by atoms with Gasteiger partial charge in [-0.15, -0.1) is 0 Å². The number of aryl methyl sites for hydroxylation is 1. The molecule has 1 spiro atoms. The molecule has 2 aliphatic rings. The number of hydrogen-bond acceptors (Lipinski definition) is 6. The summed E-state index contributed by atoms with van der Waals surface area (Å²) in [4.78, 5) is 35.5. The van der Waals surface area contributed by atoms with Crippen LogP contribution < -0.4 is 4.90 Å². The number of aliphatic carboxylic acids is 1. The summed E-state index contributed by atoms with van der Waals surface area (Å²) < 4.78 is 33.8. The lowest BCUT2D eigenvalue weighted by molar-refractivity contribution is -0.192. The quantitative estimate of drug-likeness (QED) is 0.522. The van der Waals surface area contributed by atoms with Crippen molar-refractivity contribution >= 4 is 17.8 Å². The molecule has 2 aliphatic heterocycles. The molecular formula is C27H31F3N6O3. The van der Waals surface area contributed by atoms with Crippen LogP contribution in [0.25, 0.3) is 0 Å². The molecule has 0 bridgehead atoms. The summed E-state index contributed by atoms with van der Waals surface area (Å²) in [6, 6.07) is 10.0. The van der Waals surface area contributed by atoms with Gasteiger partial charge in [0.2, 0.25) is 5.95 Å². The van der Waals surface area contributed by atoms with Crippen molar-refractivity contribution < 1.29 is 27.9 Å². The van der Waals surface area contributed by atoms with Crippen molar-refractivity contribution in [3.63, 3.8) is 0 Å². The number of rotatable bonds is 3. The molecule has 0 saturated carbocycles. The van der Waals surface area contributed by atoms with Gasteiger partial charge in [-0.25, -0.2) is 14.8 Å². The van der Waals surface area contributed by atoms with Crippen LogP contribution in [0.15, 0.2) is 48.9 Å². The number of carboxylic acid groups (broad SMARTS) is 1. The molecule has 12 heteroatoms. The molecule has 208 valence electrons. The van der Waals surface area contributed by atoms with Crippen molar-refractivity contribution in [3.05, 3.63) is 71.3 Å². The zero-order valence-corrected chi connectivity index (χ0v) is 22.0. The molecule has 2 aromatic heterocycles. The molecule has 3 aromatic rings. The summed E-state index contributed by atoms with van der Waals surface area (Å²) in [5.41, 5.74) is 4.07. The third-order valence-corrected chi connectivity index (χ3v) is 7.04. The Morgan fingerprint density at radius 3 is 2.28 bits per heavy atom. The van der Waals surface area contributed by atoms with E-state index in [-0.39, 0.29) is 17.4 Å². The second-order valence-electron chi connectivity index (χ2n) is 10.2. The van der Waals surface area contributed by atoms with Gasteiger partial charge in [0, 0.05) is 67.4 Å². The van der Waals surface area contributed by atoms with E-state index in [1.165, 1.54) is 11.3 Å². The average Bonchev–Trinajstić information content (AvgIpc) is 3.35. The Kier molecular flexibility index (Phi) is 7.94. The fourth-order valence-corrected chi connectivity index (χ4v) is 5.05. The van der Waals surface area contributed by atoms with Gasteiger partial charge < -0.3 is 14.9 Å². The first kappa shape index (κ1) is 28.1. The molecule has 39 heavy (non-hydrogen) atoms. The molecule has 1 aromatic carbocycles. The molecular weight excluding hydrogens is 513 g/mol. The fourth-order valence-electron chi connectivity index (χ4n) is 5.05. The van der Waals surface area contributed by atoms with E-state index < -0.39 is 12.1 Å². The van der Waals surface area contributed by atoms with Crippen molar-refractivity contribution in [1.29, 1.82) is 0 Å². The second-order valence-corrected chi connectivity index (χ2v) is 10.2. The highest BCUT2D eigenvalue weighted by Gasteiger charge is 2.46. The van der Waals surface area contributed by atoms with E-state index in [2.05, 4.69) is 39.6 Å². The Labute approximate surface area is 224 Å². The topological polar surface area (TPSA) is 104 Å². The summed E-state index contributed by atoms with van der Waals surface area (Å²) >= 11 is 0. The molecule has 4 heterocycles. The highest BCUT2D eigenvalue weighted by Crippen LogP contribution is 2.42. The zero-order chi connectivity index (χ0) is 28.4. The van der Waals surface area contributed by atoms with Crippen LogP contribution in [0.4, 0.5) is 19.1 Å². The Bertz CT molecular complexity index is 1320. The number of anilines is 1. The zero-order valence-electron chi connectivity index (χ0n) is 22.0. The molecule has 5 rings (SSSR count). The van der Waals surface area contributed by atoms with E-state index in [4.69, 9.17) is 15.0 Å². The minimum Gasteiger partial charge on any atom is -0.475 e. The van der Waals surface area contributed by atoms with E-state index in [9.17, 15) is 18.0 Å². The van der Waals surface area contributed by atoms with Crippen molar-refractivity contribution in [2.45, 2.75) is 57.8 Å². The number of amides is 1.